The van der Waals surface area contributed by atoms with Crippen molar-refractivity contribution in [3.05, 3.63) is 16.4 Å². The first-order valence-corrected chi connectivity index (χ1v) is 6.13. The van der Waals surface area contributed by atoms with E-state index in [4.69, 9.17) is 5.73 Å². The average Bonchev–Trinajstić information content (AvgIpc) is 3.11. The van der Waals surface area contributed by atoms with Gasteiger partial charge in [-0.25, -0.2) is 9.97 Å². The molecule has 0 amide bonds. The summed E-state index contributed by atoms with van der Waals surface area (Å²) in [6.45, 7) is 2.05. The molecule has 1 aliphatic carbocycles. The monoisotopic (exact) mass is 251 g/mol. The number of anilines is 2. The highest BCUT2D eigenvalue weighted by Crippen LogP contribution is 2.35. The van der Waals surface area contributed by atoms with Crippen LogP contribution in [-0.4, -0.2) is 20.9 Å². The quantitative estimate of drug-likeness (QED) is 0.591. The maximum atomic E-state index is 11.0. The Balaban J connectivity index is 2.15. The number of nitrogens with zero attached hydrogens (tertiary/aromatic N) is 3. The van der Waals surface area contributed by atoms with Gasteiger partial charge < -0.3 is 11.1 Å². The van der Waals surface area contributed by atoms with Crippen molar-refractivity contribution in [3.63, 3.8) is 0 Å². The fraction of sp³-hybridized carbons (Fsp3) is 0.636. The van der Waals surface area contributed by atoms with E-state index in [-0.39, 0.29) is 23.4 Å². The molecular formula is C11H17N5O2. The first-order chi connectivity index (χ1) is 8.61. The second-order valence-corrected chi connectivity index (χ2v) is 4.64. The zero-order chi connectivity index (χ0) is 13.1. The van der Waals surface area contributed by atoms with Crippen LogP contribution in [0.5, 0.6) is 0 Å². The molecule has 7 nitrogen and oxygen atoms in total. The molecule has 0 aromatic carbocycles. The van der Waals surface area contributed by atoms with Crippen molar-refractivity contribution in [2.75, 3.05) is 11.1 Å². The van der Waals surface area contributed by atoms with E-state index in [1.807, 2.05) is 0 Å². The number of nitro groups is 1. The molecule has 3 N–H and O–H groups in total. The number of nitrogens with two attached hydrogens (primary N) is 1. The van der Waals surface area contributed by atoms with Crippen LogP contribution in [0.15, 0.2) is 6.33 Å². The summed E-state index contributed by atoms with van der Waals surface area (Å²) in [7, 11) is 0. The number of hydrogen-bond donors (Lipinski definition) is 2. The second kappa shape index (κ2) is 5.16. The summed E-state index contributed by atoms with van der Waals surface area (Å²) in [6.07, 6.45) is 5.68. The molecule has 1 saturated carbocycles. The zero-order valence-electron chi connectivity index (χ0n) is 10.3. The third-order valence-corrected chi connectivity index (χ3v) is 3.18. The van der Waals surface area contributed by atoms with Crippen LogP contribution >= 0.6 is 0 Å². The second-order valence-electron chi connectivity index (χ2n) is 4.64. The maximum Gasteiger partial charge on any atom is 0.352 e. The summed E-state index contributed by atoms with van der Waals surface area (Å²) in [5, 5.41) is 14.1. The Morgan fingerprint density at radius 3 is 2.89 bits per heavy atom. The van der Waals surface area contributed by atoms with E-state index >= 15 is 0 Å². The minimum Gasteiger partial charge on any atom is -0.378 e. The largest absolute Gasteiger partial charge is 0.378 e. The molecule has 0 radical (unpaired) electrons. The van der Waals surface area contributed by atoms with Crippen molar-refractivity contribution < 1.29 is 4.92 Å². The van der Waals surface area contributed by atoms with Crippen molar-refractivity contribution in [2.45, 2.75) is 38.6 Å². The Morgan fingerprint density at radius 1 is 1.61 bits per heavy atom. The van der Waals surface area contributed by atoms with Gasteiger partial charge in [0, 0.05) is 6.04 Å². The van der Waals surface area contributed by atoms with Gasteiger partial charge in [-0.05, 0) is 18.8 Å². The van der Waals surface area contributed by atoms with E-state index in [1.54, 1.807) is 0 Å². The van der Waals surface area contributed by atoms with E-state index < -0.39 is 4.92 Å². The Labute approximate surface area is 105 Å². The molecule has 1 unspecified atom stereocenters. The molecule has 1 aromatic rings. The van der Waals surface area contributed by atoms with E-state index in [9.17, 15) is 10.1 Å². The summed E-state index contributed by atoms with van der Waals surface area (Å²) in [5.74, 6) is 0.875. The van der Waals surface area contributed by atoms with Crippen LogP contribution in [0.1, 0.15) is 32.6 Å². The Bertz CT molecular complexity index is 447. The molecule has 1 aliphatic rings. The third-order valence-electron chi connectivity index (χ3n) is 3.18. The minimum absolute atomic E-state index is 0.0984. The van der Waals surface area contributed by atoms with Crippen molar-refractivity contribution in [1.29, 1.82) is 0 Å². The number of hydrogen-bond acceptors (Lipinski definition) is 6. The first-order valence-electron chi connectivity index (χ1n) is 6.13. The van der Waals surface area contributed by atoms with Gasteiger partial charge in [-0.15, -0.1) is 0 Å². The number of nitrogen functional groups attached to an aromatic ring is 1. The van der Waals surface area contributed by atoms with Crippen LogP contribution in [-0.2, 0) is 0 Å². The fourth-order valence-corrected chi connectivity index (χ4v) is 1.95. The number of aromatic nitrogens is 2. The molecule has 0 aliphatic heterocycles. The predicted molar refractivity (Wildman–Crippen MR) is 68.1 cm³/mol. The molecule has 0 bridgehead atoms. The van der Waals surface area contributed by atoms with Crippen LogP contribution < -0.4 is 11.1 Å². The average molecular weight is 251 g/mol. The summed E-state index contributed by atoms with van der Waals surface area (Å²) in [6, 6.07) is 0.200. The summed E-state index contributed by atoms with van der Waals surface area (Å²) in [5.41, 5.74) is 5.29. The van der Waals surface area contributed by atoms with Crippen molar-refractivity contribution in [1.82, 2.24) is 9.97 Å². The molecule has 0 saturated heterocycles. The van der Waals surface area contributed by atoms with Gasteiger partial charge in [0.1, 0.15) is 6.33 Å². The molecule has 2 rings (SSSR count). The highest BCUT2D eigenvalue weighted by molar-refractivity contribution is 5.67. The van der Waals surface area contributed by atoms with Crippen LogP contribution in [0.4, 0.5) is 17.3 Å². The molecule has 7 heteroatoms. The first kappa shape index (κ1) is 12.5. The van der Waals surface area contributed by atoms with Gasteiger partial charge >= 0.3 is 5.69 Å². The summed E-state index contributed by atoms with van der Waals surface area (Å²) < 4.78 is 0. The van der Waals surface area contributed by atoms with Gasteiger partial charge in [0.2, 0.25) is 11.6 Å². The van der Waals surface area contributed by atoms with E-state index in [0.717, 1.165) is 18.8 Å². The van der Waals surface area contributed by atoms with Crippen molar-refractivity contribution in [2.24, 2.45) is 5.92 Å². The fourth-order valence-electron chi connectivity index (χ4n) is 1.95. The van der Waals surface area contributed by atoms with Gasteiger partial charge in [0.15, 0.2) is 0 Å². The predicted octanol–water partition coefficient (Wildman–Crippen LogP) is 1.96. The Hall–Kier alpha value is -1.92. The van der Waals surface area contributed by atoms with E-state index in [1.165, 1.54) is 19.2 Å². The van der Waals surface area contributed by atoms with Crippen molar-refractivity contribution >= 4 is 17.3 Å². The van der Waals surface area contributed by atoms with Crippen molar-refractivity contribution in [3.8, 4) is 0 Å². The number of rotatable bonds is 6. The van der Waals surface area contributed by atoms with Gasteiger partial charge in [0.05, 0.1) is 4.92 Å². The SMILES string of the molecule is CCC(CC1CC1)Nc1ncnc(N)c1[N+](=O)[O-]. The van der Waals surface area contributed by atoms with Crippen LogP contribution in [0.2, 0.25) is 0 Å². The minimum atomic E-state index is -0.540. The standard InChI is InChI=1S/C11H17N5O2/c1-2-8(5-7-3-4-7)15-11-9(16(17)18)10(12)13-6-14-11/h6-8H,2-5H2,1H3,(H3,12,13,14,15). The topological polar surface area (TPSA) is 107 Å². The highest BCUT2D eigenvalue weighted by Gasteiger charge is 2.27. The normalized spacial score (nSPS) is 16.3. The van der Waals surface area contributed by atoms with Gasteiger partial charge in [-0.2, -0.15) is 0 Å². The van der Waals surface area contributed by atoms with Crippen LogP contribution in [0.3, 0.4) is 0 Å². The lowest BCUT2D eigenvalue weighted by atomic mass is 10.1. The maximum absolute atomic E-state index is 11.0. The lowest BCUT2D eigenvalue weighted by Gasteiger charge is -2.17. The molecule has 18 heavy (non-hydrogen) atoms. The number of nitrogens with one attached hydrogen (secondary N) is 1. The highest BCUT2D eigenvalue weighted by atomic mass is 16.6. The third kappa shape index (κ3) is 2.85. The molecule has 1 fully saturated rings. The smallest absolute Gasteiger partial charge is 0.352 e. The van der Waals surface area contributed by atoms with E-state index in [0.29, 0.717) is 0 Å². The molecule has 1 aromatic heterocycles. The Morgan fingerprint density at radius 2 is 2.33 bits per heavy atom. The molecule has 1 atom stereocenters. The lowest BCUT2D eigenvalue weighted by Crippen LogP contribution is -2.21. The molecule has 1 heterocycles. The Kier molecular flexibility index (Phi) is 3.59. The molecular weight excluding hydrogens is 234 g/mol. The summed E-state index contributed by atoms with van der Waals surface area (Å²) in [4.78, 5) is 18.0. The lowest BCUT2D eigenvalue weighted by molar-refractivity contribution is -0.383. The molecule has 98 valence electrons. The zero-order valence-corrected chi connectivity index (χ0v) is 10.3. The van der Waals surface area contributed by atoms with Gasteiger partial charge in [0.25, 0.3) is 0 Å². The van der Waals surface area contributed by atoms with Gasteiger partial charge in [-0.1, -0.05) is 19.8 Å². The van der Waals surface area contributed by atoms with Crippen LogP contribution in [0, 0.1) is 16.0 Å². The molecule has 0 spiro atoms. The van der Waals surface area contributed by atoms with Crippen LogP contribution in [0.25, 0.3) is 0 Å². The van der Waals surface area contributed by atoms with Gasteiger partial charge in [-0.3, -0.25) is 10.1 Å². The van der Waals surface area contributed by atoms with E-state index in [2.05, 4.69) is 22.2 Å². The summed E-state index contributed by atoms with van der Waals surface area (Å²) >= 11 is 0.